The third-order valence-corrected chi connectivity index (χ3v) is 7.00. The summed E-state index contributed by atoms with van der Waals surface area (Å²) in [5.74, 6) is -2.50. The van der Waals surface area contributed by atoms with Crippen LogP contribution in [0.15, 0.2) is 72.8 Å². The van der Waals surface area contributed by atoms with E-state index in [0.717, 1.165) is 12.0 Å². The zero-order chi connectivity index (χ0) is 38.0. The van der Waals surface area contributed by atoms with Gasteiger partial charge in [-0.1, -0.05) is 44.5 Å². The van der Waals surface area contributed by atoms with Gasteiger partial charge in [0, 0.05) is 0 Å². The number of carbonyl (C=O) groups is 1. The largest absolute Gasteiger partial charge is 0.504 e. The van der Waals surface area contributed by atoms with Crippen molar-refractivity contribution in [2.45, 2.75) is 64.2 Å². The Hall–Kier alpha value is -5.41. The van der Waals surface area contributed by atoms with Crippen molar-refractivity contribution in [3.8, 4) is 46.0 Å². The van der Waals surface area contributed by atoms with Gasteiger partial charge in [-0.15, -0.1) is 0 Å². The molecule has 0 aromatic heterocycles. The van der Waals surface area contributed by atoms with Crippen LogP contribution >= 0.6 is 0 Å². The number of aliphatic hydroxyl groups is 2. The molecule has 0 bridgehead atoms. The Bertz CT molecular complexity index is 1630. The van der Waals surface area contributed by atoms with E-state index in [0.29, 0.717) is 42.5 Å². The molecule has 0 fully saturated rings. The molecule has 4 rings (SSSR count). The molecule has 4 aromatic carbocycles. The number of phenolic OH excluding ortho intramolecular Hbond substituents is 8. The highest BCUT2D eigenvalue weighted by Crippen LogP contribution is 2.30. The Morgan fingerprint density at radius 2 is 1.00 bits per heavy atom. The minimum atomic E-state index is -1.10. The maximum atomic E-state index is 10.4. The maximum absolute atomic E-state index is 10.4. The topological polar surface area (TPSA) is 292 Å². The monoisotopic (exact) mass is 700 g/mol. The van der Waals surface area contributed by atoms with Gasteiger partial charge in [0.05, 0.1) is 12.2 Å². The van der Waals surface area contributed by atoms with Gasteiger partial charge in [-0.2, -0.15) is 0 Å². The lowest BCUT2D eigenvalue weighted by Gasteiger charge is -2.09. The van der Waals surface area contributed by atoms with Crippen LogP contribution in [0.2, 0.25) is 0 Å². The fourth-order valence-electron chi connectivity index (χ4n) is 4.10. The van der Waals surface area contributed by atoms with Crippen LogP contribution in [0, 0.1) is 0 Å². The quantitative estimate of drug-likeness (QED) is 0.104. The third-order valence-electron chi connectivity index (χ3n) is 7.00. The second-order valence-corrected chi connectivity index (χ2v) is 11.1. The van der Waals surface area contributed by atoms with Crippen molar-refractivity contribution >= 4 is 5.97 Å². The summed E-state index contributed by atoms with van der Waals surface area (Å²) in [6.07, 6.45) is 1.82. The summed E-state index contributed by atoms with van der Waals surface area (Å²) in [6.45, 7) is 4.36. The van der Waals surface area contributed by atoms with Crippen molar-refractivity contribution in [2.24, 2.45) is 11.5 Å². The first-order valence-corrected chi connectivity index (χ1v) is 15.6. The minimum absolute atomic E-state index is 0.0871. The lowest BCUT2D eigenvalue weighted by Crippen LogP contribution is -2.32. The molecule has 0 aliphatic rings. The summed E-state index contributed by atoms with van der Waals surface area (Å²) in [5, 5.41) is 99.7. The number of hydrogen-bond acceptors (Lipinski definition) is 13. The summed E-state index contributed by atoms with van der Waals surface area (Å²) in [5.41, 5.74) is 13.4. The van der Waals surface area contributed by atoms with Crippen LogP contribution < -0.4 is 11.5 Å². The molecule has 0 saturated heterocycles. The van der Waals surface area contributed by atoms with Crippen LogP contribution in [0.4, 0.5) is 0 Å². The lowest BCUT2D eigenvalue weighted by atomic mass is 10.0. The van der Waals surface area contributed by atoms with Crippen LogP contribution in [0.5, 0.6) is 46.0 Å². The lowest BCUT2D eigenvalue weighted by molar-refractivity contribution is -0.138. The van der Waals surface area contributed by atoms with E-state index in [1.54, 1.807) is 18.2 Å². The first kappa shape index (κ1) is 42.6. The average molecular weight is 701 g/mol. The fraction of sp³-hybridized carbons (Fsp3) is 0.306. The van der Waals surface area contributed by atoms with Gasteiger partial charge < -0.3 is 67.6 Å². The van der Waals surface area contributed by atoms with Crippen molar-refractivity contribution in [3.05, 3.63) is 95.1 Å². The number of hydrogen-bond donors (Lipinski definition) is 13. The van der Waals surface area contributed by atoms with Gasteiger partial charge in [0.25, 0.3) is 0 Å². The molecule has 0 radical (unpaired) electrons. The second-order valence-electron chi connectivity index (χ2n) is 11.1. The standard InChI is InChI=1S/C10H14O3.C9H11NO4.C9H12O3.C8H11NO2/c1-2-3-8(11)7-4-5-9(12)10(13)6-7;10-6(9(13)14)3-5-1-2-7(11)8(12)4-5;1-2-7(10)6-3-4-8(11)9(12)5-6;9-4-3-6-1-2-7(10)8(11)5-6/h4-6,8,11-13H,2-3H2,1H3;1-2,4,6,11-12H,3,10H2,(H,13,14);3-5,7,10-12H,2H2,1H3;1-2,5,10-11H,3-4,9H2/t8-;6-;7-;/m000./s1. The van der Waals surface area contributed by atoms with Crippen molar-refractivity contribution in [1.29, 1.82) is 0 Å². The van der Waals surface area contributed by atoms with Gasteiger partial charge in [-0.3, -0.25) is 4.79 Å². The number of aliphatic carboxylic acids is 1. The molecule has 0 aliphatic carbocycles. The van der Waals surface area contributed by atoms with E-state index in [1.807, 2.05) is 13.8 Å². The highest BCUT2D eigenvalue weighted by Gasteiger charge is 2.13. The van der Waals surface area contributed by atoms with Gasteiger partial charge in [-0.05, 0) is 103 Å². The van der Waals surface area contributed by atoms with E-state index in [1.165, 1.54) is 54.6 Å². The Labute approximate surface area is 290 Å². The van der Waals surface area contributed by atoms with Gasteiger partial charge in [-0.25, -0.2) is 0 Å². The highest BCUT2D eigenvalue weighted by atomic mass is 16.4. The van der Waals surface area contributed by atoms with Crippen molar-refractivity contribution in [3.63, 3.8) is 0 Å². The maximum Gasteiger partial charge on any atom is 0.320 e. The summed E-state index contributed by atoms with van der Waals surface area (Å²) in [4.78, 5) is 10.4. The number of nitrogens with two attached hydrogens (primary N) is 2. The van der Waals surface area contributed by atoms with E-state index in [-0.39, 0.29) is 52.4 Å². The molecule has 0 spiro atoms. The Morgan fingerprint density at radius 1 is 0.600 bits per heavy atom. The highest BCUT2D eigenvalue weighted by molar-refractivity contribution is 5.73. The van der Waals surface area contributed by atoms with E-state index < -0.39 is 24.2 Å². The van der Waals surface area contributed by atoms with Crippen molar-refractivity contribution < 1.29 is 61.0 Å². The number of carboxylic acids is 1. The molecule has 50 heavy (non-hydrogen) atoms. The summed E-state index contributed by atoms with van der Waals surface area (Å²) in [6, 6.07) is 16.5. The Balaban J connectivity index is 0.000000335. The van der Waals surface area contributed by atoms with E-state index in [4.69, 9.17) is 57.4 Å². The molecule has 14 heteroatoms. The zero-order valence-electron chi connectivity index (χ0n) is 27.9. The number of phenols is 8. The van der Waals surface area contributed by atoms with Crippen molar-refractivity contribution in [1.82, 2.24) is 0 Å². The van der Waals surface area contributed by atoms with Crippen molar-refractivity contribution in [2.75, 3.05) is 6.54 Å². The predicted molar refractivity (Wildman–Crippen MR) is 186 cm³/mol. The van der Waals surface area contributed by atoms with Gasteiger partial charge in [0.1, 0.15) is 6.04 Å². The normalized spacial score (nSPS) is 12.0. The summed E-state index contributed by atoms with van der Waals surface area (Å²) >= 11 is 0. The Kier molecular flexibility index (Phi) is 18.4. The second kappa shape index (κ2) is 21.5. The molecular formula is C36H48N2O12. The molecule has 0 saturated carbocycles. The van der Waals surface area contributed by atoms with E-state index in [2.05, 4.69) is 0 Å². The first-order valence-electron chi connectivity index (χ1n) is 15.6. The van der Waals surface area contributed by atoms with Crippen LogP contribution in [-0.2, 0) is 17.6 Å². The number of carboxylic acid groups (broad SMARTS) is 1. The summed E-state index contributed by atoms with van der Waals surface area (Å²) < 4.78 is 0. The molecule has 4 aromatic rings. The molecule has 15 N–H and O–H groups in total. The van der Waals surface area contributed by atoms with E-state index >= 15 is 0 Å². The molecule has 0 aliphatic heterocycles. The zero-order valence-corrected chi connectivity index (χ0v) is 27.9. The number of benzene rings is 4. The van der Waals surface area contributed by atoms with E-state index in [9.17, 15) is 15.0 Å². The van der Waals surface area contributed by atoms with Gasteiger partial charge in [0.2, 0.25) is 0 Å². The van der Waals surface area contributed by atoms with Gasteiger partial charge in [0.15, 0.2) is 46.0 Å². The van der Waals surface area contributed by atoms with Crippen LogP contribution in [0.3, 0.4) is 0 Å². The van der Waals surface area contributed by atoms with Crippen LogP contribution in [0.25, 0.3) is 0 Å². The molecule has 0 amide bonds. The molecule has 274 valence electrons. The average Bonchev–Trinajstić information content (AvgIpc) is 3.07. The number of rotatable bonds is 10. The summed E-state index contributed by atoms with van der Waals surface area (Å²) in [7, 11) is 0. The number of aliphatic hydroxyl groups excluding tert-OH is 2. The molecule has 14 nitrogen and oxygen atoms in total. The van der Waals surface area contributed by atoms with Crippen LogP contribution in [0.1, 0.15) is 67.6 Å². The molecule has 0 unspecified atom stereocenters. The Morgan fingerprint density at radius 3 is 1.38 bits per heavy atom. The fourth-order valence-corrected chi connectivity index (χ4v) is 4.10. The smallest absolute Gasteiger partial charge is 0.320 e. The third kappa shape index (κ3) is 14.8. The SMILES string of the molecule is CCC[C@H](O)c1ccc(O)c(O)c1.CC[C@H](O)c1ccc(O)c(O)c1.NCCc1ccc(O)c(O)c1.N[C@@H](Cc1ccc(O)c(O)c1)C(=O)O. The molecule has 3 atom stereocenters. The molecule has 0 heterocycles. The minimum Gasteiger partial charge on any atom is -0.504 e. The first-order chi connectivity index (χ1) is 23.5. The predicted octanol–water partition coefficient (Wildman–Crippen LogP) is 4.12. The van der Waals surface area contributed by atoms with Gasteiger partial charge >= 0.3 is 5.97 Å². The van der Waals surface area contributed by atoms with Crippen LogP contribution in [-0.4, -0.2) is 74.7 Å². The molecular weight excluding hydrogens is 652 g/mol. The number of aromatic hydroxyl groups is 8.